The topological polar surface area (TPSA) is 86.8 Å². The van der Waals surface area contributed by atoms with Gasteiger partial charge in [-0.05, 0) is 75.1 Å². The minimum absolute atomic E-state index is 0.0765. The van der Waals surface area contributed by atoms with E-state index in [0.29, 0.717) is 35.3 Å². The molecule has 1 N–H and O–H groups in total. The number of likely N-dealkylation sites (N-methyl/N-ethyl adjacent to an activating group) is 1. The number of sulfonamides is 1. The van der Waals surface area contributed by atoms with Crippen molar-refractivity contribution in [3.63, 3.8) is 0 Å². The molecule has 0 aromatic heterocycles. The van der Waals surface area contributed by atoms with E-state index >= 15 is 0 Å². The zero-order valence-corrected chi connectivity index (χ0v) is 20.0. The molecule has 2 aliphatic rings. The number of halogens is 1. The van der Waals surface area contributed by atoms with Gasteiger partial charge in [0.15, 0.2) is 0 Å². The van der Waals surface area contributed by atoms with E-state index in [2.05, 4.69) is 5.32 Å². The van der Waals surface area contributed by atoms with Crippen LogP contribution in [0.3, 0.4) is 0 Å². The van der Waals surface area contributed by atoms with Gasteiger partial charge in [-0.25, -0.2) is 12.8 Å². The number of carbonyl (C=O) groups excluding carboxylic acids is 2. The SMILES string of the molecule is Cc1ccc(NC(=O)C2CCN(S(=O)(=O)c3ccc4c(c3)C(C)(C)C(=O)N4C)CC2)cc1F. The summed E-state index contributed by atoms with van der Waals surface area (Å²) < 4.78 is 41.7. The van der Waals surface area contributed by atoms with Crippen molar-refractivity contribution in [1.29, 1.82) is 0 Å². The van der Waals surface area contributed by atoms with Crippen molar-refractivity contribution in [2.75, 3.05) is 30.4 Å². The molecule has 2 aromatic rings. The normalized spacial score (nSPS) is 18.9. The number of anilines is 2. The van der Waals surface area contributed by atoms with Crippen LogP contribution in [0.15, 0.2) is 41.3 Å². The van der Waals surface area contributed by atoms with Crippen LogP contribution in [0.2, 0.25) is 0 Å². The fraction of sp³-hybridized carbons (Fsp3) is 0.417. The van der Waals surface area contributed by atoms with Crippen molar-refractivity contribution in [1.82, 2.24) is 4.31 Å². The highest BCUT2D eigenvalue weighted by molar-refractivity contribution is 7.89. The molecule has 0 spiro atoms. The summed E-state index contributed by atoms with van der Waals surface area (Å²) in [5.41, 5.74) is 1.49. The maximum absolute atomic E-state index is 13.7. The lowest BCUT2D eigenvalue weighted by molar-refractivity contribution is -0.122. The monoisotopic (exact) mass is 473 g/mol. The Kier molecular flexibility index (Phi) is 5.82. The molecule has 176 valence electrons. The van der Waals surface area contributed by atoms with E-state index in [0.717, 1.165) is 0 Å². The lowest BCUT2D eigenvalue weighted by atomic mass is 9.86. The van der Waals surface area contributed by atoms with Crippen molar-refractivity contribution in [3.05, 3.63) is 53.3 Å². The van der Waals surface area contributed by atoms with Crippen molar-refractivity contribution in [2.24, 2.45) is 5.92 Å². The Morgan fingerprint density at radius 1 is 1.12 bits per heavy atom. The third-order valence-electron chi connectivity index (χ3n) is 6.74. The second-order valence-electron chi connectivity index (χ2n) is 9.30. The van der Waals surface area contributed by atoms with E-state index in [-0.39, 0.29) is 41.5 Å². The summed E-state index contributed by atoms with van der Waals surface area (Å²) in [5, 5.41) is 2.73. The van der Waals surface area contributed by atoms with Gasteiger partial charge in [0.2, 0.25) is 21.8 Å². The summed E-state index contributed by atoms with van der Waals surface area (Å²) >= 11 is 0. The average molecular weight is 474 g/mol. The maximum atomic E-state index is 13.7. The molecule has 33 heavy (non-hydrogen) atoms. The van der Waals surface area contributed by atoms with Gasteiger partial charge < -0.3 is 10.2 Å². The molecule has 0 unspecified atom stereocenters. The smallest absolute Gasteiger partial charge is 0.243 e. The van der Waals surface area contributed by atoms with E-state index in [1.165, 1.54) is 16.4 Å². The van der Waals surface area contributed by atoms with E-state index in [1.54, 1.807) is 57.0 Å². The summed E-state index contributed by atoms with van der Waals surface area (Å²) in [5.74, 6) is -1.06. The molecule has 0 radical (unpaired) electrons. The molecule has 1 fully saturated rings. The second kappa shape index (κ2) is 8.22. The van der Waals surface area contributed by atoms with Crippen molar-refractivity contribution < 1.29 is 22.4 Å². The van der Waals surface area contributed by atoms with Gasteiger partial charge in [-0.1, -0.05) is 6.07 Å². The Bertz CT molecular complexity index is 1230. The van der Waals surface area contributed by atoms with E-state index in [1.807, 2.05) is 0 Å². The zero-order valence-electron chi connectivity index (χ0n) is 19.2. The molecule has 9 heteroatoms. The van der Waals surface area contributed by atoms with E-state index in [4.69, 9.17) is 0 Å². The molecule has 4 rings (SSSR count). The first-order valence-corrected chi connectivity index (χ1v) is 12.4. The van der Waals surface area contributed by atoms with Crippen molar-refractivity contribution in [2.45, 2.75) is 43.9 Å². The average Bonchev–Trinajstić information content (AvgIpc) is 2.96. The number of nitrogens with one attached hydrogen (secondary N) is 1. The molecule has 0 saturated carbocycles. The second-order valence-corrected chi connectivity index (χ2v) is 11.2. The fourth-order valence-corrected chi connectivity index (χ4v) is 6.03. The van der Waals surface area contributed by atoms with Gasteiger partial charge in [-0.2, -0.15) is 4.31 Å². The molecule has 0 atom stereocenters. The summed E-state index contributed by atoms with van der Waals surface area (Å²) in [4.78, 5) is 26.8. The van der Waals surface area contributed by atoms with Crippen LogP contribution < -0.4 is 10.2 Å². The summed E-state index contributed by atoms with van der Waals surface area (Å²) in [6.45, 7) is 5.65. The molecular weight excluding hydrogens is 445 g/mol. The number of amides is 2. The highest BCUT2D eigenvalue weighted by Gasteiger charge is 2.43. The number of hydrogen-bond acceptors (Lipinski definition) is 4. The van der Waals surface area contributed by atoms with Gasteiger partial charge in [0.25, 0.3) is 0 Å². The number of fused-ring (bicyclic) bond motifs is 1. The minimum atomic E-state index is -3.76. The van der Waals surface area contributed by atoms with Crippen LogP contribution >= 0.6 is 0 Å². The molecule has 0 bridgehead atoms. The van der Waals surface area contributed by atoms with E-state index < -0.39 is 15.4 Å². The third kappa shape index (κ3) is 4.04. The highest BCUT2D eigenvalue weighted by atomic mass is 32.2. The molecule has 1 saturated heterocycles. The quantitative estimate of drug-likeness (QED) is 0.737. The molecule has 2 amide bonds. The Balaban J connectivity index is 1.45. The predicted octanol–water partition coefficient (Wildman–Crippen LogP) is 3.43. The number of aryl methyl sites for hydroxylation is 1. The Labute approximate surface area is 193 Å². The summed E-state index contributed by atoms with van der Waals surface area (Å²) in [7, 11) is -2.08. The maximum Gasteiger partial charge on any atom is 0.243 e. The number of nitrogens with zero attached hydrogens (tertiary/aromatic N) is 2. The number of benzene rings is 2. The van der Waals surface area contributed by atoms with Gasteiger partial charge in [-0.3, -0.25) is 9.59 Å². The minimum Gasteiger partial charge on any atom is -0.326 e. The first kappa shape index (κ1) is 23.4. The standard InChI is InChI=1S/C24H28FN3O4S/c1-15-5-6-17(13-20(15)25)26-22(29)16-9-11-28(12-10-16)33(31,32)18-7-8-21-19(14-18)24(2,3)23(30)27(21)4/h5-8,13-14,16H,9-12H2,1-4H3,(H,26,29). The summed E-state index contributed by atoms with van der Waals surface area (Å²) in [6, 6.07) is 9.33. The van der Waals surface area contributed by atoms with Gasteiger partial charge in [0, 0.05) is 37.4 Å². The lowest BCUT2D eigenvalue weighted by Crippen LogP contribution is -2.41. The highest BCUT2D eigenvalue weighted by Crippen LogP contribution is 2.42. The lowest BCUT2D eigenvalue weighted by Gasteiger charge is -2.30. The summed E-state index contributed by atoms with van der Waals surface area (Å²) in [6.07, 6.45) is 0.744. The number of hydrogen-bond donors (Lipinski definition) is 1. The number of carbonyl (C=O) groups is 2. The van der Waals surface area contributed by atoms with E-state index in [9.17, 15) is 22.4 Å². The van der Waals surface area contributed by atoms with Crippen LogP contribution in [-0.4, -0.2) is 44.7 Å². The van der Waals surface area contributed by atoms with Gasteiger partial charge in [0.1, 0.15) is 5.82 Å². The van der Waals surface area contributed by atoms with Crippen molar-refractivity contribution >= 4 is 33.2 Å². The molecule has 0 aliphatic carbocycles. The zero-order chi connectivity index (χ0) is 24.1. The largest absolute Gasteiger partial charge is 0.326 e. The number of rotatable bonds is 4. The third-order valence-corrected chi connectivity index (χ3v) is 8.64. The molecule has 2 aliphatic heterocycles. The van der Waals surface area contributed by atoms with Crippen LogP contribution in [0.4, 0.5) is 15.8 Å². The Hall–Kier alpha value is -2.78. The number of piperidine rings is 1. The van der Waals surface area contributed by atoms with Gasteiger partial charge in [0.05, 0.1) is 10.3 Å². The first-order valence-electron chi connectivity index (χ1n) is 10.9. The first-order chi connectivity index (χ1) is 15.4. The molecule has 7 nitrogen and oxygen atoms in total. The van der Waals surface area contributed by atoms with Crippen LogP contribution in [0.1, 0.15) is 37.8 Å². The molecule has 2 aromatic carbocycles. The van der Waals surface area contributed by atoms with Gasteiger partial charge in [-0.15, -0.1) is 0 Å². The Morgan fingerprint density at radius 2 is 1.79 bits per heavy atom. The van der Waals surface area contributed by atoms with Crippen molar-refractivity contribution in [3.8, 4) is 0 Å². The molecule has 2 heterocycles. The van der Waals surface area contributed by atoms with Crippen LogP contribution in [0.5, 0.6) is 0 Å². The van der Waals surface area contributed by atoms with Crippen LogP contribution in [0.25, 0.3) is 0 Å². The van der Waals surface area contributed by atoms with Crippen LogP contribution in [0, 0.1) is 18.7 Å². The predicted molar refractivity (Wildman–Crippen MR) is 124 cm³/mol. The molecular formula is C24H28FN3O4S. The van der Waals surface area contributed by atoms with Crippen LogP contribution in [-0.2, 0) is 25.0 Å². The van der Waals surface area contributed by atoms with Gasteiger partial charge >= 0.3 is 0 Å². The Morgan fingerprint density at radius 3 is 2.42 bits per heavy atom. The fourth-order valence-electron chi connectivity index (χ4n) is 4.53.